The van der Waals surface area contributed by atoms with Crippen LogP contribution in [0.4, 0.5) is 0 Å². The van der Waals surface area contributed by atoms with Gasteiger partial charge in [0.15, 0.2) is 5.60 Å². The first-order valence-corrected chi connectivity index (χ1v) is 13.8. The van der Waals surface area contributed by atoms with E-state index in [2.05, 4.69) is 31.9 Å². The van der Waals surface area contributed by atoms with Crippen molar-refractivity contribution in [2.45, 2.75) is 59.0 Å². The van der Waals surface area contributed by atoms with Gasteiger partial charge in [0, 0.05) is 25.6 Å². The highest BCUT2D eigenvalue weighted by atomic mass is 79.9. The molecular formula is C29H28Br2O6. The number of carboxylic acid groups (broad SMARTS) is 1. The molecule has 0 fully saturated rings. The fourth-order valence-corrected chi connectivity index (χ4v) is 6.85. The lowest BCUT2D eigenvalue weighted by Gasteiger charge is -2.36. The first-order chi connectivity index (χ1) is 17.6. The number of aromatic carboxylic acids is 1. The van der Waals surface area contributed by atoms with Gasteiger partial charge in [-0.05, 0) is 67.1 Å². The number of hydrogen-bond donors (Lipinski definition) is 3. The molecule has 3 aromatic carbocycles. The van der Waals surface area contributed by atoms with E-state index in [1.807, 2.05) is 39.8 Å². The molecule has 3 aromatic rings. The molecule has 0 aromatic heterocycles. The number of esters is 1. The molecular weight excluding hydrogens is 604 g/mol. The van der Waals surface area contributed by atoms with Gasteiger partial charge in [-0.3, -0.25) is 0 Å². The number of halogens is 2. The molecule has 0 saturated heterocycles. The molecule has 1 aliphatic rings. The van der Waals surface area contributed by atoms with E-state index in [0.717, 1.165) is 8.95 Å². The smallest absolute Gasteiger partial charge is 0.340 e. The van der Waals surface area contributed by atoms with Gasteiger partial charge in [-0.1, -0.05) is 59.6 Å². The molecule has 0 atom stereocenters. The zero-order valence-electron chi connectivity index (χ0n) is 21.0. The number of phenolic OH excluding ortho intramolecular Hbond substituents is 2. The number of carbonyl (C=O) groups is 2. The summed E-state index contributed by atoms with van der Waals surface area (Å²) < 4.78 is 7.71. The van der Waals surface area contributed by atoms with Crippen molar-refractivity contribution in [3.8, 4) is 11.5 Å². The molecule has 8 heteroatoms. The summed E-state index contributed by atoms with van der Waals surface area (Å²) in [6.07, 6.45) is 1.95. The molecule has 1 aliphatic heterocycles. The lowest BCUT2D eigenvalue weighted by atomic mass is 9.73. The van der Waals surface area contributed by atoms with Crippen molar-refractivity contribution in [2.24, 2.45) is 0 Å². The van der Waals surface area contributed by atoms with Gasteiger partial charge >= 0.3 is 11.9 Å². The Morgan fingerprint density at radius 2 is 1.32 bits per heavy atom. The molecule has 0 bridgehead atoms. The van der Waals surface area contributed by atoms with E-state index in [9.17, 15) is 24.9 Å². The highest BCUT2D eigenvalue weighted by molar-refractivity contribution is 9.10. The molecule has 0 amide bonds. The number of aryl methyl sites for hydroxylation is 2. The topological polar surface area (TPSA) is 104 Å². The van der Waals surface area contributed by atoms with Crippen LogP contribution in [0.15, 0.2) is 39.3 Å². The van der Waals surface area contributed by atoms with Gasteiger partial charge in [-0.2, -0.15) is 0 Å². The number of benzene rings is 3. The average molecular weight is 632 g/mol. The molecule has 0 radical (unpaired) electrons. The van der Waals surface area contributed by atoms with E-state index in [0.29, 0.717) is 59.1 Å². The van der Waals surface area contributed by atoms with E-state index >= 15 is 0 Å². The number of carbonyl (C=O) groups excluding carboxylic acids is 1. The van der Waals surface area contributed by atoms with Gasteiger partial charge in [0.05, 0.1) is 22.3 Å². The SMILES string of the molecule is CCc1cc(Br)c(CC)c(O)c1C1(c2c(CC)cc(Br)c(CC)c2O)OC(=O)c2ccc(C(=O)O)cc21. The van der Waals surface area contributed by atoms with Crippen molar-refractivity contribution in [2.75, 3.05) is 0 Å². The number of cyclic esters (lactones) is 1. The van der Waals surface area contributed by atoms with Crippen LogP contribution in [-0.4, -0.2) is 27.3 Å². The third kappa shape index (κ3) is 4.05. The van der Waals surface area contributed by atoms with Crippen molar-refractivity contribution < 1.29 is 29.6 Å². The van der Waals surface area contributed by atoms with Gasteiger partial charge in [0.1, 0.15) is 11.5 Å². The van der Waals surface area contributed by atoms with Crippen LogP contribution in [0.25, 0.3) is 0 Å². The van der Waals surface area contributed by atoms with Crippen LogP contribution in [-0.2, 0) is 36.0 Å². The van der Waals surface area contributed by atoms with Gasteiger partial charge in [0.25, 0.3) is 0 Å². The second-order valence-electron chi connectivity index (χ2n) is 8.99. The third-order valence-electron chi connectivity index (χ3n) is 7.15. The maximum atomic E-state index is 13.4. The number of hydrogen-bond acceptors (Lipinski definition) is 5. The summed E-state index contributed by atoms with van der Waals surface area (Å²) in [4.78, 5) is 25.4. The van der Waals surface area contributed by atoms with E-state index in [-0.39, 0.29) is 28.2 Å². The molecule has 0 spiro atoms. The fraction of sp³-hybridized carbons (Fsp3) is 0.310. The lowest BCUT2D eigenvalue weighted by Crippen LogP contribution is -2.33. The number of carboxylic acids is 1. The van der Waals surface area contributed by atoms with Crippen LogP contribution in [0, 0.1) is 0 Å². The van der Waals surface area contributed by atoms with Gasteiger partial charge in [-0.15, -0.1) is 0 Å². The van der Waals surface area contributed by atoms with Crippen LogP contribution in [0.1, 0.15) is 87.4 Å². The fourth-order valence-electron chi connectivity index (χ4n) is 5.36. The van der Waals surface area contributed by atoms with Crippen molar-refractivity contribution in [3.63, 3.8) is 0 Å². The van der Waals surface area contributed by atoms with Crippen molar-refractivity contribution in [1.82, 2.24) is 0 Å². The number of rotatable bonds is 7. The Kier molecular flexibility index (Phi) is 7.45. The first-order valence-electron chi connectivity index (χ1n) is 12.3. The Hall–Kier alpha value is -2.84. The summed E-state index contributed by atoms with van der Waals surface area (Å²) in [5, 5.41) is 33.3. The van der Waals surface area contributed by atoms with E-state index < -0.39 is 17.5 Å². The molecule has 0 aliphatic carbocycles. The molecule has 4 rings (SSSR count). The number of ether oxygens (including phenoxy) is 1. The Balaban J connectivity index is 2.32. The second-order valence-corrected chi connectivity index (χ2v) is 10.7. The molecule has 194 valence electrons. The summed E-state index contributed by atoms with van der Waals surface area (Å²) in [6.45, 7) is 7.66. The Labute approximate surface area is 232 Å². The maximum absolute atomic E-state index is 13.4. The molecule has 0 unspecified atom stereocenters. The highest BCUT2D eigenvalue weighted by Gasteiger charge is 2.54. The lowest BCUT2D eigenvalue weighted by molar-refractivity contribution is 0.0234. The quantitative estimate of drug-likeness (QED) is 0.242. The summed E-state index contributed by atoms with van der Waals surface area (Å²) in [5.74, 6) is -1.93. The highest BCUT2D eigenvalue weighted by Crippen LogP contribution is 2.56. The molecule has 0 saturated carbocycles. The minimum Gasteiger partial charge on any atom is -0.507 e. The van der Waals surface area contributed by atoms with Crippen LogP contribution >= 0.6 is 31.9 Å². The monoisotopic (exact) mass is 630 g/mol. The van der Waals surface area contributed by atoms with Gasteiger partial charge in [0.2, 0.25) is 0 Å². The minimum absolute atomic E-state index is 0.0304. The van der Waals surface area contributed by atoms with Crippen molar-refractivity contribution >= 4 is 43.8 Å². The van der Waals surface area contributed by atoms with E-state index in [1.165, 1.54) is 18.2 Å². The second kappa shape index (κ2) is 10.1. The van der Waals surface area contributed by atoms with Crippen molar-refractivity contribution in [3.05, 3.63) is 89.3 Å². The molecule has 6 nitrogen and oxygen atoms in total. The van der Waals surface area contributed by atoms with Crippen LogP contribution in [0.3, 0.4) is 0 Å². The predicted molar refractivity (Wildman–Crippen MR) is 148 cm³/mol. The molecule has 3 N–H and O–H groups in total. The number of phenols is 2. The summed E-state index contributed by atoms with van der Waals surface area (Å²) in [5.41, 5.74) is 1.98. The standard InChI is InChI=1S/C29H28Br2O6/c1-5-14-12-21(30)17(7-3)25(32)23(14)29(24-15(6-2)13-22(31)18(8-4)26(24)33)20-11-16(27(34)35)9-10-19(20)28(36)37-29/h9-13,32-33H,5-8H2,1-4H3,(H,34,35). The molecule has 37 heavy (non-hydrogen) atoms. The largest absolute Gasteiger partial charge is 0.507 e. The Morgan fingerprint density at radius 3 is 1.73 bits per heavy atom. The van der Waals surface area contributed by atoms with E-state index in [4.69, 9.17) is 4.74 Å². The third-order valence-corrected chi connectivity index (χ3v) is 8.57. The number of fused-ring (bicyclic) bond motifs is 1. The first kappa shape index (κ1) is 27.2. The summed E-state index contributed by atoms with van der Waals surface area (Å²) >= 11 is 7.13. The predicted octanol–water partition coefficient (Wildman–Crippen LogP) is 7.03. The summed E-state index contributed by atoms with van der Waals surface area (Å²) in [6, 6.07) is 8.00. The Morgan fingerprint density at radius 1 is 0.838 bits per heavy atom. The Bertz CT molecular complexity index is 1380. The zero-order valence-corrected chi connectivity index (χ0v) is 24.2. The van der Waals surface area contributed by atoms with Crippen molar-refractivity contribution in [1.29, 1.82) is 0 Å². The van der Waals surface area contributed by atoms with Crippen LogP contribution < -0.4 is 0 Å². The van der Waals surface area contributed by atoms with Gasteiger partial charge in [-0.25, -0.2) is 9.59 Å². The summed E-state index contributed by atoms with van der Waals surface area (Å²) in [7, 11) is 0. The normalized spacial score (nSPS) is 13.9. The molecule has 1 heterocycles. The zero-order chi connectivity index (χ0) is 27.2. The average Bonchev–Trinajstić information content (AvgIpc) is 3.15. The minimum atomic E-state index is -1.77. The van der Waals surface area contributed by atoms with Crippen LogP contribution in [0.5, 0.6) is 11.5 Å². The van der Waals surface area contributed by atoms with Gasteiger partial charge < -0.3 is 20.1 Å². The van der Waals surface area contributed by atoms with E-state index in [1.54, 1.807) is 0 Å². The maximum Gasteiger partial charge on any atom is 0.340 e. The van der Waals surface area contributed by atoms with Crippen LogP contribution in [0.2, 0.25) is 0 Å². The number of aromatic hydroxyl groups is 2.